The van der Waals surface area contributed by atoms with E-state index in [1.165, 1.54) is 0 Å². The second kappa shape index (κ2) is 6.49. The Labute approximate surface area is 159 Å². The summed E-state index contributed by atoms with van der Waals surface area (Å²) < 4.78 is 3.44. The lowest BCUT2D eigenvalue weighted by Gasteiger charge is -2.24. The van der Waals surface area contributed by atoms with Crippen molar-refractivity contribution in [2.75, 3.05) is 0 Å². The molecule has 3 aromatic rings. The highest BCUT2D eigenvalue weighted by Crippen LogP contribution is 2.31. The normalized spacial score (nSPS) is 18.1. The third-order valence-corrected chi connectivity index (χ3v) is 4.90. The van der Waals surface area contributed by atoms with E-state index in [4.69, 9.17) is 0 Å². The van der Waals surface area contributed by atoms with Crippen LogP contribution in [-0.2, 0) is 0 Å². The van der Waals surface area contributed by atoms with Gasteiger partial charge in [0, 0.05) is 14.5 Å². The molecule has 0 fully saturated rings. The van der Waals surface area contributed by atoms with Gasteiger partial charge in [0.25, 0.3) is 5.95 Å². The number of oxime groups is 1. The van der Waals surface area contributed by atoms with E-state index in [1.54, 1.807) is 4.68 Å². The van der Waals surface area contributed by atoms with Crippen molar-refractivity contribution in [2.45, 2.75) is 6.04 Å². The van der Waals surface area contributed by atoms with Gasteiger partial charge in [0.2, 0.25) is 0 Å². The van der Waals surface area contributed by atoms with E-state index in [0.29, 0.717) is 17.4 Å². The van der Waals surface area contributed by atoms with E-state index >= 15 is 0 Å². The molecule has 2 aromatic carbocycles. The van der Waals surface area contributed by atoms with Gasteiger partial charge in [0.15, 0.2) is 0 Å². The number of benzene rings is 2. The number of rotatable bonds is 2. The summed E-state index contributed by atoms with van der Waals surface area (Å²) in [4.78, 5) is 4.48. The fourth-order valence-corrected chi connectivity index (χ4v) is 3.23. The van der Waals surface area contributed by atoms with Crippen molar-refractivity contribution in [3.8, 4) is 0 Å². The predicted molar refractivity (Wildman–Crippen MR) is 99.7 cm³/mol. The Morgan fingerprint density at radius 2 is 1.60 bits per heavy atom. The first kappa shape index (κ1) is 16.1. The molecule has 1 aromatic heterocycles. The molecule has 2 heterocycles. The highest BCUT2D eigenvalue weighted by molar-refractivity contribution is 9.10. The Balaban J connectivity index is 1.90. The zero-order chi connectivity index (χ0) is 17.4. The van der Waals surface area contributed by atoms with Gasteiger partial charge in [-0.3, -0.25) is 0 Å². The van der Waals surface area contributed by atoms with Crippen molar-refractivity contribution < 1.29 is 5.21 Å². The molecule has 1 unspecified atom stereocenters. The SMILES string of the molecule is ON=C1C(c2ccc(Br)cc2)=Nc2nnnn2C1c1ccc(Br)cc1. The van der Waals surface area contributed by atoms with E-state index in [-0.39, 0.29) is 0 Å². The molecule has 25 heavy (non-hydrogen) atoms. The molecule has 0 aliphatic carbocycles. The van der Waals surface area contributed by atoms with Gasteiger partial charge in [0.05, 0.1) is 0 Å². The minimum atomic E-state index is -0.473. The summed E-state index contributed by atoms with van der Waals surface area (Å²) in [6.45, 7) is 0. The summed E-state index contributed by atoms with van der Waals surface area (Å²) in [5.41, 5.74) is 2.61. The number of hydrogen-bond donors (Lipinski definition) is 1. The molecule has 124 valence electrons. The number of fused-ring (bicyclic) bond motifs is 1. The molecule has 0 spiro atoms. The van der Waals surface area contributed by atoms with Crippen LogP contribution in [0.4, 0.5) is 5.95 Å². The average molecular weight is 462 g/mol. The van der Waals surface area contributed by atoms with Crippen LogP contribution in [0.25, 0.3) is 0 Å². The molecule has 4 rings (SSSR count). The quantitative estimate of drug-likeness (QED) is 0.464. The minimum absolute atomic E-state index is 0.359. The molecule has 0 saturated carbocycles. The Hall–Kier alpha value is -2.39. The van der Waals surface area contributed by atoms with E-state index in [1.807, 2.05) is 48.5 Å². The van der Waals surface area contributed by atoms with Gasteiger partial charge >= 0.3 is 0 Å². The lowest BCUT2D eigenvalue weighted by molar-refractivity contribution is 0.316. The Morgan fingerprint density at radius 3 is 2.24 bits per heavy atom. The van der Waals surface area contributed by atoms with Crippen LogP contribution in [0, 0.1) is 0 Å². The molecule has 1 atom stereocenters. The predicted octanol–water partition coefficient (Wildman–Crippen LogP) is 3.75. The second-order valence-corrected chi connectivity index (χ2v) is 7.16. The maximum absolute atomic E-state index is 9.73. The third-order valence-electron chi connectivity index (χ3n) is 3.84. The summed E-state index contributed by atoms with van der Waals surface area (Å²) in [7, 11) is 0. The molecule has 7 nitrogen and oxygen atoms in total. The maximum Gasteiger partial charge on any atom is 0.270 e. The molecule has 9 heteroatoms. The molecule has 0 bridgehead atoms. The van der Waals surface area contributed by atoms with Gasteiger partial charge in [-0.15, -0.1) is 0 Å². The zero-order valence-electron chi connectivity index (χ0n) is 12.6. The monoisotopic (exact) mass is 460 g/mol. The van der Waals surface area contributed by atoms with E-state index in [0.717, 1.165) is 20.1 Å². The van der Waals surface area contributed by atoms with Crippen LogP contribution >= 0.6 is 31.9 Å². The number of nitrogens with zero attached hydrogens (tertiary/aromatic N) is 6. The van der Waals surface area contributed by atoms with E-state index < -0.39 is 6.04 Å². The molecule has 1 aliphatic heterocycles. The second-order valence-electron chi connectivity index (χ2n) is 5.33. The average Bonchev–Trinajstić information content (AvgIpc) is 3.10. The molecular weight excluding hydrogens is 452 g/mol. The fourth-order valence-electron chi connectivity index (χ4n) is 2.70. The summed E-state index contributed by atoms with van der Waals surface area (Å²) in [6, 6.07) is 14.8. The van der Waals surface area contributed by atoms with Crippen LogP contribution in [0.1, 0.15) is 17.2 Å². The minimum Gasteiger partial charge on any atom is -0.411 e. The van der Waals surface area contributed by atoms with Gasteiger partial charge in [-0.25, -0.2) is 4.99 Å². The largest absolute Gasteiger partial charge is 0.411 e. The van der Waals surface area contributed by atoms with E-state index in [2.05, 4.69) is 57.5 Å². The molecular formula is C16H10Br2N6O. The fraction of sp³-hybridized carbons (Fsp3) is 0.0625. The van der Waals surface area contributed by atoms with Crippen LogP contribution in [-0.4, -0.2) is 36.8 Å². The van der Waals surface area contributed by atoms with Crippen LogP contribution in [0.15, 0.2) is 67.6 Å². The number of halogens is 2. The standard InChI is InChI=1S/C16H10Br2N6O/c17-11-5-1-9(2-6-11)13-14(21-25)15(10-3-7-12(18)8-4-10)24-16(19-13)20-22-23-24/h1-8,15,25H. The van der Waals surface area contributed by atoms with Gasteiger partial charge in [-0.1, -0.05) is 66.4 Å². The first-order valence-electron chi connectivity index (χ1n) is 7.27. The van der Waals surface area contributed by atoms with Crippen LogP contribution in [0.5, 0.6) is 0 Å². The van der Waals surface area contributed by atoms with Crippen LogP contribution in [0.2, 0.25) is 0 Å². The van der Waals surface area contributed by atoms with Gasteiger partial charge in [-0.2, -0.15) is 4.68 Å². The lowest BCUT2D eigenvalue weighted by atomic mass is 9.94. The number of tetrazole rings is 1. The van der Waals surface area contributed by atoms with Crippen molar-refractivity contribution in [1.29, 1.82) is 0 Å². The first-order valence-corrected chi connectivity index (χ1v) is 8.86. The lowest BCUT2D eigenvalue weighted by Crippen LogP contribution is -2.32. The smallest absolute Gasteiger partial charge is 0.270 e. The van der Waals surface area contributed by atoms with E-state index in [9.17, 15) is 5.21 Å². The summed E-state index contributed by atoms with van der Waals surface area (Å²) >= 11 is 6.84. The highest BCUT2D eigenvalue weighted by atomic mass is 79.9. The van der Waals surface area contributed by atoms with Crippen LogP contribution < -0.4 is 0 Å². The Bertz CT molecular complexity index is 979. The first-order chi connectivity index (χ1) is 12.2. The molecule has 0 amide bonds. The summed E-state index contributed by atoms with van der Waals surface area (Å²) in [5, 5.41) is 25.0. The Morgan fingerprint density at radius 1 is 0.960 bits per heavy atom. The molecule has 1 aliphatic rings. The number of hydrogen-bond acceptors (Lipinski definition) is 6. The van der Waals surface area contributed by atoms with Crippen molar-refractivity contribution in [1.82, 2.24) is 20.2 Å². The topological polar surface area (TPSA) is 88.6 Å². The number of aromatic nitrogens is 4. The van der Waals surface area contributed by atoms with Crippen molar-refractivity contribution >= 4 is 49.2 Å². The summed E-state index contributed by atoms with van der Waals surface area (Å²) in [6.07, 6.45) is 0. The van der Waals surface area contributed by atoms with Gasteiger partial charge < -0.3 is 5.21 Å². The van der Waals surface area contributed by atoms with Crippen molar-refractivity contribution in [2.24, 2.45) is 10.1 Å². The Kier molecular flexibility index (Phi) is 4.18. The summed E-state index contributed by atoms with van der Waals surface area (Å²) in [5.74, 6) is 0.359. The van der Waals surface area contributed by atoms with Crippen molar-refractivity contribution in [3.05, 3.63) is 68.6 Å². The molecule has 0 radical (unpaired) electrons. The third kappa shape index (κ3) is 2.89. The number of aliphatic imine (C=N–C) groups is 1. The van der Waals surface area contributed by atoms with Crippen molar-refractivity contribution in [3.63, 3.8) is 0 Å². The van der Waals surface area contributed by atoms with Gasteiger partial charge in [0.1, 0.15) is 17.5 Å². The highest BCUT2D eigenvalue weighted by Gasteiger charge is 2.34. The molecule has 0 saturated heterocycles. The zero-order valence-corrected chi connectivity index (χ0v) is 15.8. The van der Waals surface area contributed by atoms with Crippen LogP contribution in [0.3, 0.4) is 0 Å². The maximum atomic E-state index is 9.73. The molecule has 1 N–H and O–H groups in total. The van der Waals surface area contributed by atoms with Gasteiger partial charge in [-0.05, 0) is 40.3 Å².